The molecule has 0 unspecified atom stereocenters. The molecule has 0 fully saturated rings. The summed E-state index contributed by atoms with van der Waals surface area (Å²) >= 11 is 8.10. The van der Waals surface area contributed by atoms with Gasteiger partial charge in [0.15, 0.2) is 0 Å². The molecule has 0 spiro atoms. The van der Waals surface area contributed by atoms with Crippen LogP contribution in [0.25, 0.3) is 0 Å². The number of hydrogen-bond acceptors (Lipinski definition) is 4. The maximum absolute atomic E-state index is 13.4. The fraction of sp³-hybridized carbons (Fsp3) is 0.391. The number of sulfonamides is 1. The second-order valence-corrected chi connectivity index (χ2v) is 11.8. The third-order valence-electron chi connectivity index (χ3n) is 4.91. The summed E-state index contributed by atoms with van der Waals surface area (Å²) in [7, 11) is -3.74. The number of benzene rings is 2. The zero-order chi connectivity index (χ0) is 24.8. The Morgan fingerprint density at radius 2 is 1.61 bits per heavy atom. The summed E-state index contributed by atoms with van der Waals surface area (Å²) in [5.41, 5.74) is 1.16. The highest BCUT2D eigenvalue weighted by molar-refractivity contribution is 14.1. The summed E-state index contributed by atoms with van der Waals surface area (Å²) < 4.78 is 27.0. The summed E-state index contributed by atoms with van der Waals surface area (Å²) in [6, 6.07) is 13.0. The molecule has 180 valence electrons. The predicted molar refractivity (Wildman–Crippen MR) is 141 cm³/mol. The molecule has 1 atom stereocenters. The number of halogens is 2. The van der Waals surface area contributed by atoms with Gasteiger partial charge in [-0.2, -0.15) is 0 Å². The van der Waals surface area contributed by atoms with Crippen molar-refractivity contribution in [1.82, 2.24) is 10.2 Å². The number of nitrogens with one attached hydrogen (secondary N) is 1. The number of anilines is 1. The second kappa shape index (κ2) is 12.0. The van der Waals surface area contributed by atoms with Gasteiger partial charge in [0.05, 0.1) is 11.9 Å². The highest BCUT2D eigenvalue weighted by Crippen LogP contribution is 2.21. The van der Waals surface area contributed by atoms with Crippen molar-refractivity contribution in [3.05, 3.63) is 62.7 Å². The molecular weight excluding hydrogens is 577 g/mol. The molecule has 2 rings (SSSR count). The van der Waals surface area contributed by atoms with E-state index in [0.29, 0.717) is 17.3 Å². The maximum Gasteiger partial charge on any atom is 0.244 e. The molecule has 0 saturated carbocycles. The van der Waals surface area contributed by atoms with E-state index in [1.165, 1.54) is 4.90 Å². The van der Waals surface area contributed by atoms with Crippen LogP contribution in [0.15, 0.2) is 48.5 Å². The predicted octanol–water partition coefficient (Wildman–Crippen LogP) is 3.90. The molecule has 0 radical (unpaired) electrons. The van der Waals surface area contributed by atoms with Gasteiger partial charge in [-0.25, -0.2) is 8.42 Å². The van der Waals surface area contributed by atoms with Crippen LogP contribution in [0.4, 0.5) is 5.69 Å². The molecule has 0 aromatic heterocycles. The normalized spacial score (nSPS) is 12.3. The molecule has 0 aliphatic rings. The van der Waals surface area contributed by atoms with Gasteiger partial charge >= 0.3 is 0 Å². The number of rotatable bonds is 10. The standard InChI is InChI=1S/C23H29ClIN3O4S/c1-16(2)13-26-23(30)17(3)27(14-18-5-7-19(24)8-6-18)22(29)15-28(33(4,31)32)21-11-9-20(25)10-12-21/h5-12,16-17H,13-15H2,1-4H3,(H,26,30)/t17-/m0/s1. The van der Waals surface area contributed by atoms with E-state index in [0.717, 1.165) is 19.7 Å². The quantitative estimate of drug-likeness (QED) is 0.417. The van der Waals surface area contributed by atoms with E-state index in [9.17, 15) is 18.0 Å². The lowest BCUT2D eigenvalue weighted by Gasteiger charge is -2.31. The van der Waals surface area contributed by atoms with E-state index >= 15 is 0 Å². The average Bonchev–Trinajstić information content (AvgIpc) is 2.74. The summed E-state index contributed by atoms with van der Waals surface area (Å²) in [5.74, 6) is -0.532. The average molecular weight is 606 g/mol. The van der Waals surface area contributed by atoms with Crippen LogP contribution in [0.5, 0.6) is 0 Å². The Balaban J connectivity index is 2.34. The molecule has 0 bridgehead atoms. The van der Waals surface area contributed by atoms with Crippen LogP contribution in [0, 0.1) is 9.49 Å². The van der Waals surface area contributed by atoms with Crippen molar-refractivity contribution in [1.29, 1.82) is 0 Å². The number of carbonyl (C=O) groups is 2. The van der Waals surface area contributed by atoms with E-state index in [4.69, 9.17) is 11.6 Å². The third-order valence-corrected chi connectivity index (χ3v) is 7.02. The minimum atomic E-state index is -3.74. The third kappa shape index (κ3) is 8.46. The van der Waals surface area contributed by atoms with Crippen LogP contribution in [-0.4, -0.2) is 50.5 Å². The van der Waals surface area contributed by atoms with E-state index in [1.807, 2.05) is 13.8 Å². The summed E-state index contributed by atoms with van der Waals surface area (Å²) in [6.07, 6.45) is 1.06. The minimum absolute atomic E-state index is 0.135. The molecule has 10 heteroatoms. The topological polar surface area (TPSA) is 86.8 Å². The first-order valence-corrected chi connectivity index (χ1v) is 13.7. The van der Waals surface area contributed by atoms with Gasteiger partial charge in [0, 0.05) is 21.7 Å². The van der Waals surface area contributed by atoms with Crippen LogP contribution in [0.3, 0.4) is 0 Å². The Hall–Kier alpha value is -1.85. The SMILES string of the molecule is CC(C)CNC(=O)[C@H](C)N(Cc1ccc(Cl)cc1)C(=O)CN(c1ccc(I)cc1)S(C)(=O)=O. The lowest BCUT2D eigenvalue weighted by atomic mass is 10.1. The van der Waals surface area contributed by atoms with Gasteiger partial charge in [-0.1, -0.05) is 37.6 Å². The van der Waals surface area contributed by atoms with E-state index in [2.05, 4.69) is 27.9 Å². The van der Waals surface area contributed by atoms with Gasteiger partial charge in [0.25, 0.3) is 0 Å². The zero-order valence-corrected chi connectivity index (χ0v) is 22.8. The summed E-state index contributed by atoms with van der Waals surface area (Å²) in [6.45, 7) is 5.79. The van der Waals surface area contributed by atoms with Crippen molar-refractivity contribution in [2.75, 3.05) is 23.7 Å². The van der Waals surface area contributed by atoms with Crippen LogP contribution < -0.4 is 9.62 Å². The maximum atomic E-state index is 13.4. The molecule has 0 heterocycles. The Labute approximate surface area is 214 Å². The Morgan fingerprint density at radius 3 is 2.12 bits per heavy atom. The molecule has 2 aromatic carbocycles. The van der Waals surface area contributed by atoms with Crippen LogP contribution in [-0.2, 0) is 26.2 Å². The molecule has 7 nitrogen and oxygen atoms in total. The Bertz CT molecular complexity index is 1060. The van der Waals surface area contributed by atoms with Crippen molar-refractivity contribution in [2.45, 2.75) is 33.4 Å². The monoisotopic (exact) mass is 605 g/mol. The molecule has 1 N–H and O–H groups in total. The van der Waals surface area contributed by atoms with Gasteiger partial charge in [-0.3, -0.25) is 13.9 Å². The van der Waals surface area contributed by atoms with Gasteiger partial charge in [-0.05, 0) is 77.4 Å². The highest BCUT2D eigenvalue weighted by atomic mass is 127. The van der Waals surface area contributed by atoms with Crippen LogP contribution in [0.2, 0.25) is 5.02 Å². The molecule has 0 aliphatic carbocycles. The van der Waals surface area contributed by atoms with Gasteiger partial charge in [0.1, 0.15) is 12.6 Å². The highest BCUT2D eigenvalue weighted by Gasteiger charge is 2.30. The van der Waals surface area contributed by atoms with Gasteiger partial charge in [-0.15, -0.1) is 0 Å². The van der Waals surface area contributed by atoms with Gasteiger partial charge < -0.3 is 10.2 Å². The van der Waals surface area contributed by atoms with Crippen molar-refractivity contribution >= 4 is 61.7 Å². The van der Waals surface area contributed by atoms with Gasteiger partial charge in [0.2, 0.25) is 21.8 Å². The van der Waals surface area contributed by atoms with Crippen LogP contribution in [0.1, 0.15) is 26.3 Å². The molecular formula is C23H29ClIN3O4S. The number of hydrogen-bond donors (Lipinski definition) is 1. The molecule has 33 heavy (non-hydrogen) atoms. The molecule has 0 saturated heterocycles. The zero-order valence-electron chi connectivity index (χ0n) is 19.1. The summed E-state index contributed by atoms with van der Waals surface area (Å²) in [4.78, 5) is 27.6. The van der Waals surface area contributed by atoms with Crippen LogP contribution >= 0.6 is 34.2 Å². The van der Waals surface area contributed by atoms with E-state index < -0.39 is 28.5 Å². The van der Waals surface area contributed by atoms with E-state index in [-0.39, 0.29) is 18.4 Å². The Kier molecular flexibility index (Phi) is 9.99. The lowest BCUT2D eigenvalue weighted by Crippen LogP contribution is -2.51. The first-order valence-electron chi connectivity index (χ1n) is 10.4. The minimum Gasteiger partial charge on any atom is -0.354 e. The first-order chi connectivity index (χ1) is 15.4. The largest absolute Gasteiger partial charge is 0.354 e. The molecule has 0 aliphatic heterocycles. The summed E-state index contributed by atoms with van der Waals surface area (Å²) in [5, 5.41) is 3.40. The number of amides is 2. The first kappa shape index (κ1) is 27.4. The van der Waals surface area contributed by atoms with Crippen molar-refractivity contribution in [2.24, 2.45) is 5.92 Å². The van der Waals surface area contributed by atoms with Crippen molar-refractivity contribution in [3.63, 3.8) is 0 Å². The van der Waals surface area contributed by atoms with E-state index in [1.54, 1.807) is 55.5 Å². The smallest absolute Gasteiger partial charge is 0.244 e. The number of nitrogens with zero attached hydrogens (tertiary/aromatic N) is 2. The lowest BCUT2D eigenvalue weighted by molar-refractivity contribution is -0.139. The fourth-order valence-electron chi connectivity index (χ4n) is 3.04. The number of carbonyl (C=O) groups excluding carboxylic acids is 2. The fourth-order valence-corrected chi connectivity index (χ4v) is 4.38. The molecule has 2 amide bonds. The van der Waals surface area contributed by atoms with Crippen molar-refractivity contribution in [3.8, 4) is 0 Å². The van der Waals surface area contributed by atoms with Crippen molar-refractivity contribution < 1.29 is 18.0 Å². The second-order valence-electron chi connectivity index (χ2n) is 8.21. The Morgan fingerprint density at radius 1 is 1.03 bits per heavy atom. The molecule has 2 aromatic rings.